The fourth-order valence-electron chi connectivity index (χ4n) is 3.67. The minimum atomic E-state index is -1.19. The molecule has 3 aromatic rings. The third-order valence-corrected chi connectivity index (χ3v) is 5.63. The van der Waals surface area contributed by atoms with Crippen molar-refractivity contribution in [3.63, 3.8) is 0 Å². The Kier molecular flexibility index (Phi) is 6.82. The van der Waals surface area contributed by atoms with Crippen molar-refractivity contribution < 1.29 is 19.1 Å². The molecule has 0 aliphatic rings. The van der Waals surface area contributed by atoms with Crippen LogP contribution in [0.25, 0.3) is 11.5 Å². The van der Waals surface area contributed by atoms with Crippen LogP contribution < -0.4 is 5.32 Å². The van der Waals surface area contributed by atoms with E-state index in [2.05, 4.69) is 31.1 Å². The molecule has 0 saturated carbocycles. The van der Waals surface area contributed by atoms with Crippen LogP contribution >= 0.6 is 0 Å². The third-order valence-electron chi connectivity index (χ3n) is 5.63. The highest BCUT2D eigenvalue weighted by Crippen LogP contribution is 2.34. The van der Waals surface area contributed by atoms with Crippen LogP contribution in [-0.4, -0.2) is 28.5 Å². The van der Waals surface area contributed by atoms with Gasteiger partial charge in [-0.05, 0) is 42.4 Å². The summed E-state index contributed by atoms with van der Waals surface area (Å²) in [5.41, 5.74) is 1.22. The van der Waals surface area contributed by atoms with Crippen molar-refractivity contribution in [2.24, 2.45) is 5.41 Å². The normalized spacial score (nSPS) is 13.4. The van der Waals surface area contributed by atoms with Crippen molar-refractivity contribution in [2.45, 2.75) is 46.0 Å². The molecule has 1 unspecified atom stereocenters. The molecule has 6 heteroatoms. The highest BCUT2D eigenvalue weighted by atomic mass is 16.4. The number of nitrogens with one attached hydrogen (secondary N) is 1. The van der Waals surface area contributed by atoms with E-state index in [0.717, 1.165) is 6.42 Å². The van der Waals surface area contributed by atoms with Gasteiger partial charge in [0.15, 0.2) is 0 Å². The van der Waals surface area contributed by atoms with Crippen LogP contribution in [0, 0.1) is 5.41 Å². The van der Waals surface area contributed by atoms with Gasteiger partial charge in [-0.25, -0.2) is 4.98 Å². The summed E-state index contributed by atoms with van der Waals surface area (Å²) in [6.07, 6.45) is 3.97. The third kappa shape index (κ3) is 5.25. The van der Waals surface area contributed by atoms with Crippen LogP contribution in [0.1, 0.15) is 55.6 Å². The summed E-state index contributed by atoms with van der Waals surface area (Å²) in [4.78, 5) is 29.7. The van der Waals surface area contributed by atoms with Gasteiger partial charge in [0.1, 0.15) is 6.26 Å². The summed E-state index contributed by atoms with van der Waals surface area (Å²) in [5, 5.41) is 13.1. The molecule has 0 aliphatic carbocycles. The fraction of sp³-hybridized carbons (Fsp3) is 0.346. The summed E-state index contributed by atoms with van der Waals surface area (Å²) in [6, 6.07) is 14.4. The Morgan fingerprint density at radius 1 is 1.03 bits per heavy atom. The van der Waals surface area contributed by atoms with Crippen LogP contribution in [0.5, 0.6) is 0 Å². The lowest BCUT2D eigenvalue weighted by atomic mass is 9.76. The maximum absolute atomic E-state index is 13.1. The molecule has 1 heterocycles. The lowest BCUT2D eigenvalue weighted by Gasteiger charge is -2.27. The highest BCUT2D eigenvalue weighted by Gasteiger charge is 2.37. The first-order valence-corrected chi connectivity index (χ1v) is 10.7. The van der Waals surface area contributed by atoms with E-state index < -0.39 is 11.4 Å². The van der Waals surface area contributed by atoms with Gasteiger partial charge in [0.05, 0.1) is 22.7 Å². The van der Waals surface area contributed by atoms with E-state index in [4.69, 9.17) is 4.42 Å². The van der Waals surface area contributed by atoms with Crippen molar-refractivity contribution in [1.82, 2.24) is 10.3 Å². The van der Waals surface area contributed by atoms with Gasteiger partial charge in [-0.15, -0.1) is 0 Å². The van der Waals surface area contributed by atoms with Gasteiger partial charge in [0.25, 0.3) is 5.91 Å². The number of aliphatic carboxylic acids is 1. The standard InChI is InChI=1S/C26H30N2O4/c1-25(2,3)13-14-27-22(29)20-12-8-9-18(21(20)23-28-15-16-32-23)17-26(4,24(30)31)19-10-6-5-7-11-19/h5-12,15-16H,13-14,17H2,1-4H3,(H,27,29)(H,30,31). The minimum absolute atomic E-state index is 0.0967. The van der Waals surface area contributed by atoms with E-state index in [-0.39, 0.29) is 17.7 Å². The zero-order chi connectivity index (χ0) is 23.4. The number of carbonyl (C=O) groups is 2. The Morgan fingerprint density at radius 2 is 1.75 bits per heavy atom. The predicted molar refractivity (Wildman–Crippen MR) is 123 cm³/mol. The number of amides is 1. The number of carboxylic acid groups (broad SMARTS) is 1. The molecule has 168 valence electrons. The van der Waals surface area contributed by atoms with Gasteiger partial charge >= 0.3 is 5.97 Å². The number of oxazole rings is 1. The zero-order valence-corrected chi connectivity index (χ0v) is 19.0. The molecule has 1 aromatic heterocycles. The lowest BCUT2D eigenvalue weighted by molar-refractivity contribution is -0.143. The number of carboxylic acids is 1. The van der Waals surface area contributed by atoms with Crippen molar-refractivity contribution >= 4 is 11.9 Å². The molecular formula is C26H30N2O4. The first-order chi connectivity index (χ1) is 15.1. The molecule has 0 saturated heterocycles. The number of benzene rings is 2. The van der Waals surface area contributed by atoms with E-state index in [0.29, 0.717) is 34.7 Å². The van der Waals surface area contributed by atoms with Gasteiger partial charge in [-0.3, -0.25) is 9.59 Å². The Bertz CT molecular complexity index is 1070. The SMILES string of the molecule is CC(C)(C)CCNC(=O)c1cccc(CC(C)(C(=O)O)c2ccccc2)c1-c1ncco1. The second-order valence-electron chi connectivity index (χ2n) is 9.42. The molecule has 0 radical (unpaired) electrons. The summed E-state index contributed by atoms with van der Waals surface area (Å²) in [6.45, 7) is 8.59. The zero-order valence-electron chi connectivity index (χ0n) is 19.0. The molecule has 6 nitrogen and oxygen atoms in total. The molecule has 1 atom stereocenters. The second kappa shape index (κ2) is 9.39. The first kappa shape index (κ1) is 23.3. The summed E-state index contributed by atoms with van der Waals surface area (Å²) in [7, 11) is 0. The first-order valence-electron chi connectivity index (χ1n) is 10.7. The quantitative estimate of drug-likeness (QED) is 0.515. The molecule has 3 rings (SSSR count). The Balaban J connectivity index is 2.02. The van der Waals surface area contributed by atoms with E-state index in [9.17, 15) is 14.7 Å². The van der Waals surface area contributed by atoms with Crippen molar-refractivity contribution in [2.75, 3.05) is 6.54 Å². The average molecular weight is 435 g/mol. The number of nitrogens with zero attached hydrogens (tertiary/aromatic N) is 1. The molecular weight excluding hydrogens is 404 g/mol. The van der Waals surface area contributed by atoms with Crippen molar-refractivity contribution in [3.8, 4) is 11.5 Å². The second-order valence-corrected chi connectivity index (χ2v) is 9.42. The topological polar surface area (TPSA) is 92.4 Å². The average Bonchev–Trinajstić information content (AvgIpc) is 3.27. The molecule has 0 fully saturated rings. The predicted octanol–water partition coefficient (Wildman–Crippen LogP) is 5.09. The molecule has 1 amide bonds. The van der Waals surface area contributed by atoms with Crippen LogP contribution in [0.4, 0.5) is 0 Å². The number of carbonyl (C=O) groups excluding carboxylic acids is 1. The maximum Gasteiger partial charge on any atom is 0.314 e. The van der Waals surface area contributed by atoms with Crippen LogP contribution in [0.2, 0.25) is 0 Å². The minimum Gasteiger partial charge on any atom is -0.481 e. The fourth-order valence-corrected chi connectivity index (χ4v) is 3.67. The molecule has 0 bridgehead atoms. The van der Waals surface area contributed by atoms with Gasteiger partial charge < -0.3 is 14.8 Å². The number of hydrogen-bond donors (Lipinski definition) is 2. The molecule has 0 spiro atoms. The molecule has 32 heavy (non-hydrogen) atoms. The van der Waals surface area contributed by atoms with Crippen molar-refractivity contribution in [1.29, 1.82) is 0 Å². The number of hydrogen-bond acceptors (Lipinski definition) is 4. The summed E-state index contributed by atoms with van der Waals surface area (Å²) >= 11 is 0. The summed E-state index contributed by atoms with van der Waals surface area (Å²) < 4.78 is 5.55. The smallest absolute Gasteiger partial charge is 0.314 e. The van der Waals surface area contributed by atoms with Gasteiger partial charge in [-0.1, -0.05) is 63.2 Å². The maximum atomic E-state index is 13.1. The summed E-state index contributed by atoms with van der Waals surface area (Å²) in [5.74, 6) is -0.884. The van der Waals surface area contributed by atoms with Crippen LogP contribution in [-0.2, 0) is 16.6 Å². The molecule has 2 N–H and O–H groups in total. The lowest BCUT2D eigenvalue weighted by Crippen LogP contribution is -2.35. The van der Waals surface area contributed by atoms with Crippen molar-refractivity contribution in [3.05, 3.63) is 77.7 Å². The number of aromatic nitrogens is 1. The largest absolute Gasteiger partial charge is 0.481 e. The molecule has 0 aliphatic heterocycles. The van der Waals surface area contributed by atoms with Crippen LogP contribution in [0.15, 0.2) is 65.4 Å². The Morgan fingerprint density at radius 3 is 2.34 bits per heavy atom. The van der Waals surface area contributed by atoms with E-state index in [1.54, 1.807) is 19.1 Å². The Labute approximate surface area is 188 Å². The number of rotatable bonds is 8. The van der Waals surface area contributed by atoms with E-state index >= 15 is 0 Å². The van der Waals surface area contributed by atoms with Crippen LogP contribution in [0.3, 0.4) is 0 Å². The van der Waals surface area contributed by atoms with E-state index in [1.807, 2.05) is 36.4 Å². The monoisotopic (exact) mass is 434 g/mol. The highest BCUT2D eigenvalue weighted by molar-refractivity contribution is 6.00. The Hall–Kier alpha value is -3.41. The van der Waals surface area contributed by atoms with Gasteiger partial charge in [0.2, 0.25) is 5.89 Å². The van der Waals surface area contributed by atoms with Gasteiger partial charge in [-0.2, -0.15) is 0 Å². The van der Waals surface area contributed by atoms with E-state index in [1.165, 1.54) is 12.5 Å². The molecule has 2 aromatic carbocycles. The van der Waals surface area contributed by atoms with Gasteiger partial charge in [0, 0.05) is 6.54 Å².